The van der Waals surface area contributed by atoms with Crippen LogP contribution in [0.25, 0.3) is 11.6 Å². The SMILES string of the molecule is CC[C@@H](C)Oc1c(Cl)cc(/C=C(/C#N)c2ccccc2F)cc1OC. The van der Waals surface area contributed by atoms with Crippen molar-refractivity contribution in [2.75, 3.05) is 7.11 Å². The van der Waals surface area contributed by atoms with Gasteiger partial charge in [-0.2, -0.15) is 5.26 Å². The van der Waals surface area contributed by atoms with Crippen molar-refractivity contribution in [3.63, 3.8) is 0 Å². The van der Waals surface area contributed by atoms with E-state index in [0.717, 1.165) is 6.42 Å². The summed E-state index contributed by atoms with van der Waals surface area (Å²) in [6.45, 7) is 3.95. The number of nitriles is 1. The van der Waals surface area contributed by atoms with E-state index in [4.69, 9.17) is 21.1 Å². The summed E-state index contributed by atoms with van der Waals surface area (Å²) < 4.78 is 25.1. The molecule has 0 N–H and O–H groups in total. The van der Waals surface area contributed by atoms with Gasteiger partial charge in [0.2, 0.25) is 0 Å². The minimum Gasteiger partial charge on any atom is -0.493 e. The Kier molecular flexibility index (Phi) is 6.44. The largest absolute Gasteiger partial charge is 0.493 e. The molecule has 0 saturated heterocycles. The first-order valence-corrected chi connectivity index (χ1v) is 8.28. The molecule has 3 nitrogen and oxygen atoms in total. The minimum atomic E-state index is -0.454. The Bertz CT molecular complexity index is 827. The molecule has 0 heterocycles. The Hall–Kier alpha value is -2.51. The van der Waals surface area contributed by atoms with Gasteiger partial charge in [0.1, 0.15) is 5.82 Å². The van der Waals surface area contributed by atoms with Crippen molar-refractivity contribution in [2.45, 2.75) is 26.4 Å². The second kappa shape index (κ2) is 8.55. The number of allylic oxidation sites excluding steroid dienone is 1. The van der Waals surface area contributed by atoms with Gasteiger partial charge in [-0.05, 0) is 43.2 Å². The summed E-state index contributed by atoms with van der Waals surface area (Å²) in [5.41, 5.74) is 1.06. The number of hydrogen-bond acceptors (Lipinski definition) is 3. The minimum absolute atomic E-state index is 0.0131. The van der Waals surface area contributed by atoms with Crippen molar-refractivity contribution < 1.29 is 13.9 Å². The molecule has 0 bridgehead atoms. The zero-order valence-electron chi connectivity index (χ0n) is 14.3. The molecule has 0 fully saturated rings. The van der Waals surface area contributed by atoms with Crippen molar-refractivity contribution in [1.82, 2.24) is 0 Å². The first-order chi connectivity index (χ1) is 12.0. The van der Waals surface area contributed by atoms with Crippen LogP contribution < -0.4 is 9.47 Å². The van der Waals surface area contributed by atoms with Gasteiger partial charge in [0.25, 0.3) is 0 Å². The summed E-state index contributed by atoms with van der Waals surface area (Å²) in [5.74, 6) is 0.468. The monoisotopic (exact) mass is 359 g/mol. The van der Waals surface area contributed by atoms with Gasteiger partial charge in [-0.25, -0.2) is 4.39 Å². The van der Waals surface area contributed by atoms with Crippen LogP contribution in [0.5, 0.6) is 11.5 Å². The van der Waals surface area contributed by atoms with Gasteiger partial charge in [0.05, 0.1) is 29.9 Å². The quantitative estimate of drug-likeness (QED) is 0.488. The summed E-state index contributed by atoms with van der Waals surface area (Å²) in [6.07, 6.45) is 2.38. The van der Waals surface area contributed by atoms with E-state index in [2.05, 4.69) is 0 Å². The lowest BCUT2D eigenvalue weighted by molar-refractivity contribution is 0.208. The lowest BCUT2D eigenvalue weighted by Gasteiger charge is -2.17. The summed E-state index contributed by atoms with van der Waals surface area (Å²) in [6, 6.07) is 11.5. The zero-order chi connectivity index (χ0) is 18.4. The van der Waals surface area contributed by atoms with Crippen molar-refractivity contribution in [2.24, 2.45) is 0 Å². The molecular weight excluding hydrogens is 341 g/mol. The van der Waals surface area contributed by atoms with E-state index in [9.17, 15) is 9.65 Å². The van der Waals surface area contributed by atoms with Gasteiger partial charge < -0.3 is 9.47 Å². The van der Waals surface area contributed by atoms with Crippen LogP contribution in [0.15, 0.2) is 36.4 Å². The summed E-state index contributed by atoms with van der Waals surface area (Å²) in [5, 5.41) is 9.76. The molecule has 130 valence electrons. The molecule has 5 heteroatoms. The lowest BCUT2D eigenvalue weighted by atomic mass is 10.0. The third-order valence-corrected chi connectivity index (χ3v) is 4.02. The Morgan fingerprint density at radius 2 is 2.08 bits per heavy atom. The van der Waals surface area contributed by atoms with E-state index in [1.165, 1.54) is 13.2 Å². The number of halogens is 2. The Balaban J connectivity index is 2.48. The average Bonchev–Trinajstić information content (AvgIpc) is 2.62. The number of nitrogens with zero attached hydrogens (tertiary/aromatic N) is 1. The highest BCUT2D eigenvalue weighted by atomic mass is 35.5. The number of rotatable bonds is 6. The van der Waals surface area contributed by atoms with Crippen molar-refractivity contribution >= 4 is 23.3 Å². The van der Waals surface area contributed by atoms with Gasteiger partial charge in [-0.3, -0.25) is 0 Å². The lowest BCUT2D eigenvalue weighted by Crippen LogP contribution is -2.11. The number of benzene rings is 2. The third-order valence-electron chi connectivity index (χ3n) is 3.74. The van der Waals surface area contributed by atoms with Crippen LogP contribution in [0.3, 0.4) is 0 Å². The molecule has 2 aromatic carbocycles. The fourth-order valence-corrected chi connectivity index (χ4v) is 2.50. The van der Waals surface area contributed by atoms with E-state index >= 15 is 0 Å². The first-order valence-electron chi connectivity index (χ1n) is 7.91. The molecule has 2 aromatic rings. The number of ether oxygens (including phenoxy) is 2. The van der Waals surface area contributed by atoms with Crippen LogP contribution in [-0.4, -0.2) is 13.2 Å². The number of hydrogen-bond donors (Lipinski definition) is 0. The highest BCUT2D eigenvalue weighted by Gasteiger charge is 2.15. The molecule has 0 radical (unpaired) electrons. The second-order valence-corrected chi connectivity index (χ2v) is 5.93. The molecule has 0 aliphatic rings. The highest BCUT2D eigenvalue weighted by Crippen LogP contribution is 2.38. The normalized spacial score (nSPS) is 12.4. The second-order valence-electron chi connectivity index (χ2n) is 5.52. The van der Waals surface area contributed by atoms with Gasteiger partial charge in [-0.15, -0.1) is 0 Å². The van der Waals surface area contributed by atoms with Gasteiger partial charge in [-0.1, -0.05) is 36.7 Å². The first kappa shape index (κ1) is 18.8. The molecule has 0 aliphatic carbocycles. The standard InChI is InChI=1S/C20H19ClFNO2/c1-4-13(2)25-20-17(21)10-14(11-19(20)24-3)9-15(12-23)16-7-5-6-8-18(16)22/h5-11,13H,4H2,1-3H3/b15-9-/t13-/m1/s1. The van der Waals surface area contributed by atoms with E-state index in [0.29, 0.717) is 22.1 Å². The van der Waals surface area contributed by atoms with E-state index in [1.54, 1.807) is 36.4 Å². The van der Waals surface area contributed by atoms with Crippen molar-refractivity contribution in [3.05, 3.63) is 58.4 Å². The fourth-order valence-electron chi connectivity index (χ4n) is 2.24. The fraction of sp³-hybridized carbons (Fsp3) is 0.250. The van der Waals surface area contributed by atoms with E-state index < -0.39 is 5.82 Å². The molecular formula is C20H19ClFNO2. The Labute approximate surface area is 152 Å². The van der Waals surface area contributed by atoms with E-state index in [-0.39, 0.29) is 17.2 Å². The molecule has 25 heavy (non-hydrogen) atoms. The summed E-state index contributed by atoms with van der Waals surface area (Å²) >= 11 is 6.33. The van der Waals surface area contributed by atoms with Crippen LogP contribution >= 0.6 is 11.6 Å². The molecule has 0 aliphatic heterocycles. The number of methoxy groups -OCH3 is 1. The van der Waals surface area contributed by atoms with Crippen LogP contribution in [0, 0.1) is 17.1 Å². The molecule has 0 saturated carbocycles. The zero-order valence-corrected chi connectivity index (χ0v) is 15.1. The smallest absolute Gasteiger partial charge is 0.180 e. The maximum atomic E-state index is 13.9. The molecule has 2 rings (SSSR count). The topological polar surface area (TPSA) is 42.2 Å². The van der Waals surface area contributed by atoms with Crippen LogP contribution in [0.2, 0.25) is 5.02 Å². The summed E-state index contributed by atoms with van der Waals surface area (Å²) in [4.78, 5) is 0. The predicted octanol–water partition coefficient (Wildman–Crippen LogP) is 5.73. The molecule has 0 spiro atoms. The van der Waals surface area contributed by atoms with Gasteiger partial charge >= 0.3 is 0 Å². The highest BCUT2D eigenvalue weighted by molar-refractivity contribution is 6.32. The third kappa shape index (κ3) is 4.52. The van der Waals surface area contributed by atoms with Gasteiger partial charge in [0, 0.05) is 5.56 Å². The predicted molar refractivity (Wildman–Crippen MR) is 98.3 cm³/mol. The van der Waals surface area contributed by atoms with Crippen LogP contribution in [0.4, 0.5) is 4.39 Å². The van der Waals surface area contributed by atoms with Crippen molar-refractivity contribution in [3.8, 4) is 17.6 Å². The molecule has 0 unspecified atom stereocenters. The Morgan fingerprint density at radius 1 is 1.36 bits per heavy atom. The van der Waals surface area contributed by atoms with Crippen LogP contribution in [0.1, 0.15) is 31.4 Å². The maximum Gasteiger partial charge on any atom is 0.180 e. The Morgan fingerprint density at radius 3 is 2.68 bits per heavy atom. The average molecular weight is 360 g/mol. The maximum absolute atomic E-state index is 13.9. The molecule has 1 atom stereocenters. The molecule has 0 amide bonds. The van der Waals surface area contributed by atoms with Gasteiger partial charge in [0.15, 0.2) is 11.5 Å². The molecule has 0 aromatic heterocycles. The summed E-state index contributed by atoms with van der Waals surface area (Å²) in [7, 11) is 1.52. The van der Waals surface area contributed by atoms with E-state index in [1.807, 2.05) is 19.9 Å². The van der Waals surface area contributed by atoms with Crippen LogP contribution in [-0.2, 0) is 0 Å². The van der Waals surface area contributed by atoms with Crippen molar-refractivity contribution in [1.29, 1.82) is 5.26 Å².